The van der Waals surface area contributed by atoms with E-state index in [0.717, 1.165) is 0 Å². The zero-order valence-corrected chi connectivity index (χ0v) is 10.8. The van der Waals surface area contributed by atoms with Crippen molar-refractivity contribution in [1.82, 2.24) is 0 Å². The number of methoxy groups -OCH3 is 1. The van der Waals surface area contributed by atoms with Crippen molar-refractivity contribution in [2.75, 3.05) is 25.6 Å². The molecular formula is C11H18NO3P. The van der Waals surface area contributed by atoms with Crippen LogP contribution in [0.5, 0.6) is 5.75 Å². The molecule has 0 heterocycles. The normalized spacial score (nSPS) is 14.4. The maximum atomic E-state index is 12.5. The molecule has 1 aromatic carbocycles. The minimum absolute atomic E-state index is 0.415. The number of rotatable bonds is 5. The smallest absolute Gasteiger partial charge is 0.235 e. The molecule has 90 valence electrons. The lowest BCUT2D eigenvalue weighted by molar-refractivity contribution is 0.340. The predicted molar refractivity (Wildman–Crippen MR) is 66.8 cm³/mol. The van der Waals surface area contributed by atoms with Gasteiger partial charge in [0.1, 0.15) is 5.75 Å². The SMILES string of the molecule is CCOP(=O)(CC)c1ccc(N)cc1OC. The van der Waals surface area contributed by atoms with Crippen LogP contribution < -0.4 is 15.8 Å². The molecule has 5 heteroatoms. The molecule has 1 rings (SSSR count). The summed E-state index contributed by atoms with van der Waals surface area (Å²) >= 11 is 0. The first kappa shape index (κ1) is 13.1. The molecular weight excluding hydrogens is 225 g/mol. The molecule has 0 aliphatic heterocycles. The van der Waals surface area contributed by atoms with Crippen molar-refractivity contribution in [3.05, 3.63) is 18.2 Å². The number of benzene rings is 1. The van der Waals surface area contributed by atoms with Crippen LogP contribution in [0.2, 0.25) is 0 Å². The standard InChI is InChI=1S/C11H18NO3P/c1-4-15-16(13,5-2)11-7-6-9(12)8-10(11)14-3/h6-8H,4-5,12H2,1-3H3. The molecule has 16 heavy (non-hydrogen) atoms. The highest BCUT2D eigenvalue weighted by atomic mass is 31.2. The number of ether oxygens (including phenoxy) is 1. The zero-order valence-electron chi connectivity index (χ0n) is 9.90. The Morgan fingerprint density at radius 3 is 2.56 bits per heavy atom. The van der Waals surface area contributed by atoms with E-state index < -0.39 is 7.37 Å². The summed E-state index contributed by atoms with van der Waals surface area (Å²) in [6, 6.07) is 5.09. The molecule has 1 aromatic rings. The fourth-order valence-electron chi connectivity index (χ4n) is 1.52. The minimum atomic E-state index is -2.81. The molecule has 0 aliphatic carbocycles. The quantitative estimate of drug-likeness (QED) is 0.636. The average molecular weight is 243 g/mol. The first-order valence-corrected chi connectivity index (χ1v) is 7.06. The van der Waals surface area contributed by atoms with Gasteiger partial charge in [-0.2, -0.15) is 0 Å². The predicted octanol–water partition coefficient (Wildman–Crippen LogP) is 2.24. The fourth-order valence-corrected chi connectivity index (χ4v) is 3.39. The lowest BCUT2D eigenvalue weighted by Crippen LogP contribution is -2.13. The van der Waals surface area contributed by atoms with Gasteiger partial charge >= 0.3 is 0 Å². The lowest BCUT2D eigenvalue weighted by Gasteiger charge is -2.19. The summed E-state index contributed by atoms with van der Waals surface area (Å²) < 4.78 is 23.1. The molecule has 0 spiro atoms. The van der Waals surface area contributed by atoms with Crippen LogP contribution in [0, 0.1) is 0 Å². The van der Waals surface area contributed by atoms with Gasteiger partial charge in [-0.25, -0.2) is 0 Å². The number of nitrogens with two attached hydrogens (primary N) is 1. The Morgan fingerprint density at radius 2 is 2.06 bits per heavy atom. The second-order valence-corrected chi connectivity index (χ2v) is 6.06. The number of nitrogen functional groups attached to an aromatic ring is 1. The van der Waals surface area contributed by atoms with Gasteiger partial charge in [0.05, 0.1) is 19.0 Å². The molecule has 0 saturated carbocycles. The van der Waals surface area contributed by atoms with E-state index in [1.807, 2.05) is 13.8 Å². The van der Waals surface area contributed by atoms with Crippen molar-refractivity contribution < 1.29 is 13.8 Å². The van der Waals surface area contributed by atoms with Crippen LogP contribution in [0.3, 0.4) is 0 Å². The van der Waals surface area contributed by atoms with E-state index in [4.69, 9.17) is 15.0 Å². The van der Waals surface area contributed by atoms with Gasteiger partial charge in [0.25, 0.3) is 0 Å². The van der Waals surface area contributed by atoms with Gasteiger partial charge in [-0.1, -0.05) is 6.92 Å². The summed E-state index contributed by atoms with van der Waals surface area (Å²) in [6.07, 6.45) is 0.446. The van der Waals surface area contributed by atoms with Gasteiger partial charge in [0.15, 0.2) is 0 Å². The Morgan fingerprint density at radius 1 is 1.38 bits per heavy atom. The molecule has 1 unspecified atom stereocenters. The third-order valence-corrected chi connectivity index (χ3v) is 4.94. The molecule has 0 saturated heterocycles. The Hall–Kier alpha value is -0.990. The van der Waals surface area contributed by atoms with E-state index in [1.165, 1.54) is 7.11 Å². The first-order valence-electron chi connectivity index (χ1n) is 5.25. The Bertz CT molecular complexity index is 406. The number of hydrogen-bond acceptors (Lipinski definition) is 4. The van der Waals surface area contributed by atoms with Gasteiger partial charge in [-0.05, 0) is 19.1 Å². The van der Waals surface area contributed by atoms with E-state index in [0.29, 0.717) is 29.5 Å². The lowest BCUT2D eigenvalue weighted by atomic mass is 10.3. The van der Waals surface area contributed by atoms with Crippen molar-refractivity contribution in [1.29, 1.82) is 0 Å². The highest BCUT2D eigenvalue weighted by Crippen LogP contribution is 2.47. The van der Waals surface area contributed by atoms with Crippen molar-refractivity contribution in [3.63, 3.8) is 0 Å². The van der Waals surface area contributed by atoms with E-state index in [1.54, 1.807) is 18.2 Å². The molecule has 0 amide bonds. The first-order chi connectivity index (χ1) is 7.57. The zero-order chi connectivity index (χ0) is 12.2. The van der Waals surface area contributed by atoms with Gasteiger partial charge in [0.2, 0.25) is 7.37 Å². The van der Waals surface area contributed by atoms with E-state index in [-0.39, 0.29) is 0 Å². The average Bonchev–Trinajstić information content (AvgIpc) is 2.28. The summed E-state index contributed by atoms with van der Waals surface area (Å²) in [6.45, 7) is 4.08. The van der Waals surface area contributed by atoms with Crippen LogP contribution in [-0.2, 0) is 9.09 Å². The molecule has 2 N–H and O–H groups in total. The monoisotopic (exact) mass is 243 g/mol. The Labute approximate surface area is 96.2 Å². The molecule has 0 aromatic heterocycles. The van der Waals surface area contributed by atoms with Crippen molar-refractivity contribution in [2.45, 2.75) is 13.8 Å². The highest BCUT2D eigenvalue weighted by molar-refractivity contribution is 7.67. The summed E-state index contributed by atoms with van der Waals surface area (Å²) in [4.78, 5) is 0. The topological polar surface area (TPSA) is 61.5 Å². The van der Waals surface area contributed by atoms with Crippen LogP contribution in [-0.4, -0.2) is 19.9 Å². The molecule has 0 radical (unpaired) electrons. The molecule has 0 aliphatic rings. The van der Waals surface area contributed by atoms with Crippen molar-refractivity contribution >= 4 is 18.4 Å². The Kier molecular flexibility index (Phi) is 4.39. The van der Waals surface area contributed by atoms with E-state index in [9.17, 15) is 4.57 Å². The van der Waals surface area contributed by atoms with Crippen LogP contribution in [0.15, 0.2) is 18.2 Å². The van der Waals surface area contributed by atoms with Crippen LogP contribution >= 0.6 is 7.37 Å². The van der Waals surface area contributed by atoms with Gasteiger partial charge < -0.3 is 15.0 Å². The molecule has 0 bridgehead atoms. The molecule has 1 atom stereocenters. The van der Waals surface area contributed by atoms with Gasteiger partial charge in [-0.15, -0.1) is 0 Å². The van der Waals surface area contributed by atoms with Crippen molar-refractivity contribution in [3.8, 4) is 5.75 Å². The minimum Gasteiger partial charge on any atom is -0.496 e. The number of anilines is 1. The number of hydrogen-bond donors (Lipinski definition) is 1. The Balaban J connectivity index is 3.24. The third-order valence-electron chi connectivity index (χ3n) is 2.32. The van der Waals surface area contributed by atoms with E-state index in [2.05, 4.69) is 0 Å². The second kappa shape index (κ2) is 5.37. The third kappa shape index (κ3) is 2.57. The summed E-state index contributed by atoms with van der Waals surface area (Å²) in [5.74, 6) is 0.527. The largest absolute Gasteiger partial charge is 0.496 e. The second-order valence-electron chi connectivity index (χ2n) is 3.34. The van der Waals surface area contributed by atoms with Crippen LogP contribution in [0.1, 0.15) is 13.8 Å². The molecule has 4 nitrogen and oxygen atoms in total. The molecule has 0 fully saturated rings. The maximum Gasteiger partial charge on any atom is 0.235 e. The summed E-state index contributed by atoms with van der Waals surface area (Å²) in [5.41, 5.74) is 6.23. The van der Waals surface area contributed by atoms with Gasteiger partial charge in [0, 0.05) is 17.9 Å². The van der Waals surface area contributed by atoms with Crippen molar-refractivity contribution in [2.24, 2.45) is 0 Å². The van der Waals surface area contributed by atoms with Crippen LogP contribution in [0.25, 0.3) is 0 Å². The van der Waals surface area contributed by atoms with Crippen LogP contribution in [0.4, 0.5) is 5.69 Å². The van der Waals surface area contributed by atoms with E-state index >= 15 is 0 Å². The maximum absolute atomic E-state index is 12.5. The fraction of sp³-hybridized carbons (Fsp3) is 0.455. The highest BCUT2D eigenvalue weighted by Gasteiger charge is 2.26. The van der Waals surface area contributed by atoms with Gasteiger partial charge in [-0.3, -0.25) is 4.57 Å². The summed E-state index contributed by atoms with van der Waals surface area (Å²) in [7, 11) is -1.28. The summed E-state index contributed by atoms with van der Waals surface area (Å²) in [5, 5.41) is 0.605.